The number of aromatic amines is 1. The first-order chi connectivity index (χ1) is 8.54. The van der Waals surface area contributed by atoms with Crippen LogP contribution >= 0.6 is 0 Å². The average molecular weight is 247 g/mol. The lowest BCUT2D eigenvalue weighted by Gasteiger charge is -1.99. The van der Waals surface area contributed by atoms with E-state index in [0.29, 0.717) is 12.2 Å². The van der Waals surface area contributed by atoms with Gasteiger partial charge >= 0.3 is 0 Å². The maximum Gasteiger partial charge on any atom is 0.272 e. The fraction of sp³-hybridized carbons (Fsp3) is 0.429. The van der Waals surface area contributed by atoms with E-state index in [1.165, 1.54) is 5.57 Å². The van der Waals surface area contributed by atoms with E-state index < -0.39 is 0 Å². The zero-order chi connectivity index (χ0) is 13.5. The summed E-state index contributed by atoms with van der Waals surface area (Å²) in [5, 5.41) is 2.82. The molecule has 0 unspecified atom stereocenters. The number of rotatable bonds is 5. The molecule has 1 aromatic rings. The van der Waals surface area contributed by atoms with Crippen LogP contribution in [0.4, 0.5) is 0 Å². The van der Waals surface area contributed by atoms with Crippen molar-refractivity contribution in [2.45, 2.75) is 34.1 Å². The van der Waals surface area contributed by atoms with Gasteiger partial charge in [0.25, 0.3) is 5.91 Å². The Bertz CT molecular complexity index is 469. The van der Waals surface area contributed by atoms with E-state index in [-0.39, 0.29) is 5.91 Å². The molecule has 18 heavy (non-hydrogen) atoms. The molecular formula is C14H21N3O. The SMILES string of the molecule is CC/C=C(C)/C=C\CNC(=O)c1nc(C)[nH]c1C. The van der Waals surface area contributed by atoms with E-state index in [4.69, 9.17) is 0 Å². The first-order valence-electron chi connectivity index (χ1n) is 6.19. The summed E-state index contributed by atoms with van der Waals surface area (Å²) in [5.41, 5.74) is 2.48. The molecule has 4 heteroatoms. The van der Waals surface area contributed by atoms with Gasteiger partial charge in [-0.2, -0.15) is 0 Å². The monoisotopic (exact) mass is 247 g/mol. The van der Waals surface area contributed by atoms with Crippen molar-refractivity contribution in [2.24, 2.45) is 0 Å². The number of aryl methyl sites for hydroxylation is 2. The lowest BCUT2D eigenvalue weighted by molar-refractivity contribution is 0.0953. The lowest BCUT2D eigenvalue weighted by atomic mass is 10.2. The van der Waals surface area contributed by atoms with Gasteiger partial charge in [0, 0.05) is 12.2 Å². The molecule has 1 rings (SSSR count). The van der Waals surface area contributed by atoms with E-state index in [2.05, 4.69) is 28.3 Å². The Morgan fingerprint density at radius 1 is 1.44 bits per heavy atom. The fourth-order valence-electron chi connectivity index (χ4n) is 1.70. The van der Waals surface area contributed by atoms with E-state index in [1.54, 1.807) is 0 Å². The molecular weight excluding hydrogens is 226 g/mol. The van der Waals surface area contributed by atoms with Crippen molar-refractivity contribution in [3.63, 3.8) is 0 Å². The molecule has 1 aromatic heterocycles. The summed E-state index contributed by atoms with van der Waals surface area (Å²) in [4.78, 5) is 19.0. The summed E-state index contributed by atoms with van der Waals surface area (Å²) >= 11 is 0. The quantitative estimate of drug-likeness (QED) is 0.786. The molecule has 1 amide bonds. The van der Waals surface area contributed by atoms with Crippen molar-refractivity contribution >= 4 is 5.91 Å². The van der Waals surface area contributed by atoms with Crippen LogP contribution in [0.25, 0.3) is 0 Å². The maximum absolute atomic E-state index is 11.8. The minimum atomic E-state index is -0.140. The van der Waals surface area contributed by atoms with Crippen molar-refractivity contribution < 1.29 is 4.79 Å². The Balaban J connectivity index is 2.47. The summed E-state index contributed by atoms with van der Waals surface area (Å²) in [6, 6.07) is 0. The van der Waals surface area contributed by atoms with Gasteiger partial charge in [-0.3, -0.25) is 4.79 Å². The second-order valence-corrected chi connectivity index (χ2v) is 4.26. The van der Waals surface area contributed by atoms with E-state index in [0.717, 1.165) is 17.9 Å². The second-order valence-electron chi connectivity index (χ2n) is 4.26. The van der Waals surface area contributed by atoms with E-state index in [1.807, 2.05) is 32.9 Å². The summed E-state index contributed by atoms with van der Waals surface area (Å²) in [5.74, 6) is 0.619. The summed E-state index contributed by atoms with van der Waals surface area (Å²) in [7, 11) is 0. The van der Waals surface area contributed by atoms with Crippen molar-refractivity contribution in [2.75, 3.05) is 6.54 Å². The molecule has 0 aromatic carbocycles. The van der Waals surface area contributed by atoms with Crippen molar-refractivity contribution in [3.05, 3.63) is 41.0 Å². The predicted molar refractivity (Wildman–Crippen MR) is 73.6 cm³/mol. The van der Waals surface area contributed by atoms with Crippen LogP contribution in [0.2, 0.25) is 0 Å². The zero-order valence-electron chi connectivity index (χ0n) is 11.5. The number of nitrogens with zero attached hydrogens (tertiary/aromatic N) is 1. The van der Waals surface area contributed by atoms with E-state index in [9.17, 15) is 4.79 Å². The number of imidazole rings is 1. The molecule has 0 bridgehead atoms. The van der Waals surface area contributed by atoms with Crippen LogP contribution in [0.3, 0.4) is 0 Å². The molecule has 0 spiro atoms. The average Bonchev–Trinajstić information content (AvgIpc) is 2.64. The number of hydrogen-bond donors (Lipinski definition) is 2. The van der Waals surface area contributed by atoms with Crippen LogP contribution in [0.15, 0.2) is 23.8 Å². The minimum absolute atomic E-state index is 0.140. The highest BCUT2D eigenvalue weighted by Gasteiger charge is 2.11. The molecule has 2 N–H and O–H groups in total. The van der Waals surface area contributed by atoms with Gasteiger partial charge in [-0.15, -0.1) is 0 Å². The number of H-pyrrole nitrogens is 1. The van der Waals surface area contributed by atoms with E-state index >= 15 is 0 Å². The van der Waals surface area contributed by atoms with Gasteiger partial charge in [0.15, 0.2) is 0 Å². The number of allylic oxidation sites excluding steroid dienone is 3. The van der Waals surface area contributed by atoms with Gasteiger partial charge in [0.2, 0.25) is 0 Å². The third-order valence-electron chi connectivity index (χ3n) is 2.51. The standard InChI is InChI=1S/C14H21N3O/c1-5-7-10(2)8-6-9-15-14(18)13-11(3)16-12(4)17-13/h6-8H,5,9H2,1-4H3,(H,15,18)(H,16,17)/b8-6-,10-7+. The maximum atomic E-state index is 11.8. The molecule has 0 atom stereocenters. The van der Waals surface area contributed by atoms with Gasteiger partial charge in [-0.1, -0.05) is 30.7 Å². The van der Waals surface area contributed by atoms with Crippen molar-refractivity contribution in [3.8, 4) is 0 Å². The predicted octanol–water partition coefficient (Wildman–Crippen LogP) is 2.67. The molecule has 0 aliphatic carbocycles. The summed E-state index contributed by atoms with van der Waals surface area (Å²) in [6.45, 7) is 8.34. The van der Waals surface area contributed by atoms with Gasteiger partial charge < -0.3 is 10.3 Å². The molecule has 0 fully saturated rings. The molecule has 98 valence electrons. The molecule has 0 saturated carbocycles. The number of amides is 1. The van der Waals surface area contributed by atoms with Crippen LogP contribution in [-0.4, -0.2) is 22.4 Å². The van der Waals surface area contributed by atoms with Crippen molar-refractivity contribution in [1.82, 2.24) is 15.3 Å². The largest absolute Gasteiger partial charge is 0.347 e. The molecule has 4 nitrogen and oxygen atoms in total. The first-order valence-corrected chi connectivity index (χ1v) is 6.19. The zero-order valence-corrected chi connectivity index (χ0v) is 11.5. The van der Waals surface area contributed by atoms with Gasteiger partial charge in [-0.25, -0.2) is 4.98 Å². The van der Waals surface area contributed by atoms with Gasteiger partial charge in [-0.05, 0) is 27.2 Å². The third kappa shape index (κ3) is 4.20. The number of carbonyl (C=O) groups excluding carboxylic acids is 1. The normalized spacial score (nSPS) is 12.1. The first kappa shape index (κ1) is 14.2. The fourth-order valence-corrected chi connectivity index (χ4v) is 1.70. The minimum Gasteiger partial charge on any atom is -0.347 e. The molecule has 0 radical (unpaired) electrons. The smallest absolute Gasteiger partial charge is 0.272 e. The Labute approximate surface area is 108 Å². The summed E-state index contributed by atoms with van der Waals surface area (Å²) in [6.07, 6.45) is 7.11. The molecule has 0 saturated heterocycles. The van der Waals surface area contributed by atoms with Crippen LogP contribution in [0.1, 0.15) is 42.3 Å². The molecule has 0 aliphatic heterocycles. The summed E-state index contributed by atoms with van der Waals surface area (Å²) < 4.78 is 0. The number of nitrogens with one attached hydrogen (secondary N) is 2. The Kier molecular flexibility index (Phi) is 5.36. The Morgan fingerprint density at radius 2 is 2.17 bits per heavy atom. The lowest BCUT2D eigenvalue weighted by Crippen LogP contribution is -2.24. The highest BCUT2D eigenvalue weighted by Crippen LogP contribution is 2.03. The third-order valence-corrected chi connectivity index (χ3v) is 2.51. The Hall–Kier alpha value is -1.84. The topological polar surface area (TPSA) is 57.8 Å². The van der Waals surface area contributed by atoms with Crippen LogP contribution in [-0.2, 0) is 0 Å². The van der Waals surface area contributed by atoms with Gasteiger partial charge in [0.05, 0.1) is 0 Å². The molecule has 0 aliphatic rings. The van der Waals surface area contributed by atoms with Crippen LogP contribution in [0.5, 0.6) is 0 Å². The number of carbonyl (C=O) groups is 1. The highest BCUT2D eigenvalue weighted by molar-refractivity contribution is 5.93. The number of hydrogen-bond acceptors (Lipinski definition) is 2. The number of aromatic nitrogens is 2. The highest BCUT2D eigenvalue weighted by atomic mass is 16.1. The Morgan fingerprint density at radius 3 is 2.72 bits per heavy atom. The second kappa shape index (κ2) is 6.79. The van der Waals surface area contributed by atoms with Crippen LogP contribution < -0.4 is 5.32 Å². The molecule has 1 heterocycles. The van der Waals surface area contributed by atoms with Gasteiger partial charge in [0.1, 0.15) is 11.5 Å². The van der Waals surface area contributed by atoms with Crippen molar-refractivity contribution in [1.29, 1.82) is 0 Å². The van der Waals surface area contributed by atoms with Crippen LogP contribution in [0, 0.1) is 13.8 Å².